The lowest BCUT2D eigenvalue weighted by molar-refractivity contribution is -0.386. The zero-order valence-electron chi connectivity index (χ0n) is 8.41. The normalized spacial score (nSPS) is 10.0. The number of benzene rings is 1. The molecule has 0 amide bonds. The number of ether oxygens (including phenoxy) is 1. The van der Waals surface area contributed by atoms with Crippen molar-refractivity contribution in [3.63, 3.8) is 0 Å². The number of hydrogen-bond acceptors (Lipinski definition) is 4. The van der Waals surface area contributed by atoms with Gasteiger partial charge in [0.2, 0.25) is 0 Å². The number of carbonyl (C=O) groups is 1. The number of rotatable bonds is 2. The van der Waals surface area contributed by atoms with Crippen molar-refractivity contribution >= 4 is 43.5 Å². The Kier molecular flexibility index (Phi) is 4.03. The summed E-state index contributed by atoms with van der Waals surface area (Å²) in [7, 11) is 1.25. The summed E-state index contributed by atoms with van der Waals surface area (Å²) in [6.07, 6.45) is 0. The van der Waals surface area contributed by atoms with Crippen LogP contribution < -0.4 is 0 Å². The molecule has 0 aliphatic carbocycles. The molecular formula is C9H7Br2NO4. The van der Waals surface area contributed by atoms with Gasteiger partial charge in [-0.3, -0.25) is 10.1 Å². The molecule has 0 heterocycles. The second-order valence-corrected chi connectivity index (χ2v) is 4.59. The average Bonchev–Trinajstić information content (AvgIpc) is 2.22. The highest BCUT2D eigenvalue weighted by Crippen LogP contribution is 2.37. The van der Waals surface area contributed by atoms with E-state index in [0.29, 0.717) is 5.56 Å². The summed E-state index contributed by atoms with van der Waals surface area (Å²) in [5.74, 6) is -0.534. The summed E-state index contributed by atoms with van der Waals surface area (Å²) < 4.78 is 5.08. The van der Waals surface area contributed by atoms with Gasteiger partial charge in [0.15, 0.2) is 0 Å². The molecule has 0 spiro atoms. The van der Waals surface area contributed by atoms with Crippen LogP contribution in [0.2, 0.25) is 0 Å². The zero-order chi connectivity index (χ0) is 12.5. The van der Waals surface area contributed by atoms with Crippen molar-refractivity contribution in [2.24, 2.45) is 0 Å². The van der Waals surface area contributed by atoms with Crippen molar-refractivity contribution in [2.45, 2.75) is 6.92 Å². The molecule has 1 aromatic rings. The molecule has 0 saturated carbocycles. The smallest absolute Gasteiger partial charge is 0.338 e. The van der Waals surface area contributed by atoms with E-state index in [2.05, 4.69) is 36.6 Å². The van der Waals surface area contributed by atoms with Crippen LogP contribution in [0.4, 0.5) is 5.69 Å². The second kappa shape index (κ2) is 4.92. The summed E-state index contributed by atoms with van der Waals surface area (Å²) >= 11 is 6.15. The lowest BCUT2D eigenvalue weighted by atomic mass is 10.1. The number of carbonyl (C=O) groups excluding carboxylic acids is 1. The molecule has 5 nitrogen and oxygen atoms in total. The van der Waals surface area contributed by atoms with Crippen LogP contribution in [0.3, 0.4) is 0 Å². The van der Waals surface area contributed by atoms with E-state index in [-0.39, 0.29) is 20.2 Å². The van der Waals surface area contributed by atoms with Crippen LogP contribution in [0, 0.1) is 17.0 Å². The van der Waals surface area contributed by atoms with Crippen molar-refractivity contribution in [2.75, 3.05) is 7.11 Å². The Morgan fingerprint density at radius 2 is 2.06 bits per heavy atom. The quantitative estimate of drug-likeness (QED) is 0.465. The lowest BCUT2D eigenvalue weighted by Gasteiger charge is -2.07. The van der Waals surface area contributed by atoms with Crippen molar-refractivity contribution in [1.82, 2.24) is 0 Å². The Morgan fingerprint density at radius 1 is 1.50 bits per heavy atom. The molecule has 1 rings (SSSR count). The molecule has 0 saturated heterocycles. The Bertz CT molecular complexity index is 473. The number of esters is 1. The van der Waals surface area contributed by atoms with Gasteiger partial charge in [-0.05, 0) is 50.4 Å². The minimum atomic E-state index is -0.534. The zero-order valence-corrected chi connectivity index (χ0v) is 11.6. The first-order valence-electron chi connectivity index (χ1n) is 4.11. The molecule has 0 bridgehead atoms. The maximum absolute atomic E-state index is 11.4. The molecular weight excluding hydrogens is 346 g/mol. The van der Waals surface area contributed by atoms with Gasteiger partial charge in [0, 0.05) is 0 Å². The van der Waals surface area contributed by atoms with Crippen LogP contribution in [0.15, 0.2) is 15.0 Å². The average molecular weight is 353 g/mol. The Labute approximate surface area is 108 Å². The SMILES string of the molecule is COC(=O)c1cc(Br)c([N+](=O)[O-])c(Br)c1C. The van der Waals surface area contributed by atoms with Crippen LogP contribution in [-0.4, -0.2) is 18.0 Å². The number of hydrogen-bond donors (Lipinski definition) is 0. The fourth-order valence-electron chi connectivity index (χ4n) is 1.19. The Hall–Kier alpha value is -0.950. The molecule has 0 radical (unpaired) electrons. The van der Waals surface area contributed by atoms with Gasteiger partial charge < -0.3 is 4.74 Å². The van der Waals surface area contributed by atoms with Gasteiger partial charge in [-0.1, -0.05) is 0 Å². The van der Waals surface area contributed by atoms with Crippen LogP contribution in [0.5, 0.6) is 0 Å². The minimum Gasteiger partial charge on any atom is -0.465 e. The predicted molar refractivity (Wildman–Crippen MR) is 64.6 cm³/mol. The first-order valence-corrected chi connectivity index (χ1v) is 5.70. The van der Waals surface area contributed by atoms with Crippen molar-refractivity contribution in [1.29, 1.82) is 0 Å². The first-order chi connectivity index (χ1) is 7.40. The fourth-order valence-corrected chi connectivity index (χ4v) is 2.60. The van der Waals surface area contributed by atoms with Crippen LogP contribution in [-0.2, 0) is 4.74 Å². The van der Waals surface area contributed by atoms with Gasteiger partial charge in [0.1, 0.15) is 4.47 Å². The number of halogens is 2. The van der Waals surface area contributed by atoms with E-state index in [1.54, 1.807) is 6.92 Å². The topological polar surface area (TPSA) is 69.4 Å². The van der Waals surface area contributed by atoms with Gasteiger partial charge in [0.05, 0.1) is 22.1 Å². The van der Waals surface area contributed by atoms with Gasteiger partial charge in [-0.15, -0.1) is 0 Å². The van der Waals surface area contributed by atoms with Crippen LogP contribution in [0.1, 0.15) is 15.9 Å². The molecule has 0 fully saturated rings. The van der Waals surface area contributed by atoms with E-state index in [4.69, 9.17) is 0 Å². The molecule has 0 unspecified atom stereocenters. The summed E-state index contributed by atoms with van der Waals surface area (Å²) in [6.45, 7) is 1.61. The maximum atomic E-state index is 11.4. The Morgan fingerprint density at radius 3 is 2.50 bits per heavy atom. The fraction of sp³-hybridized carbons (Fsp3) is 0.222. The molecule has 0 atom stereocenters. The summed E-state index contributed by atoms with van der Waals surface area (Å²) in [4.78, 5) is 21.6. The number of methoxy groups -OCH3 is 1. The predicted octanol–water partition coefficient (Wildman–Crippen LogP) is 3.21. The molecule has 0 N–H and O–H groups in total. The van der Waals surface area contributed by atoms with E-state index in [0.717, 1.165) is 0 Å². The highest BCUT2D eigenvalue weighted by Gasteiger charge is 2.24. The third kappa shape index (κ3) is 2.25. The lowest BCUT2D eigenvalue weighted by Crippen LogP contribution is -2.06. The molecule has 86 valence electrons. The molecule has 1 aromatic carbocycles. The van der Waals surface area contributed by atoms with Crippen LogP contribution in [0.25, 0.3) is 0 Å². The highest BCUT2D eigenvalue weighted by molar-refractivity contribution is 9.11. The van der Waals surface area contributed by atoms with Crippen molar-refractivity contribution in [3.8, 4) is 0 Å². The van der Waals surface area contributed by atoms with E-state index in [1.165, 1.54) is 13.2 Å². The number of nitro groups is 1. The molecule has 0 aromatic heterocycles. The Balaban J connectivity index is 3.51. The first kappa shape index (κ1) is 13.1. The van der Waals surface area contributed by atoms with E-state index >= 15 is 0 Å². The summed E-state index contributed by atoms with van der Waals surface area (Å²) in [5.41, 5.74) is 0.652. The van der Waals surface area contributed by atoms with Crippen molar-refractivity contribution < 1.29 is 14.5 Å². The van der Waals surface area contributed by atoms with Gasteiger partial charge in [0.25, 0.3) is 5.69 Å². The van der Waals surface area contributed by atoms with Gasteiger partial charge in [-0.25, -0.2) is 4.79 Å². The third-order valence-electron chi connectivity index (χ3n) is 2.03. The highest BCUT2D eigenvalue weighted by atomic mass is 79.9. The van der Waals surface area contributed by atoms with Gasteiger partial charge >= 0.3 is 5.97 Å². The largest absolute Gasteiger partial charge is 0.465 e. The minimum absolute atomic E-state index is 0.106. The molecule has 7 heteroatoms. The van der Waals surface area contributed by atoms with E-state index in [9.17, 15) is 14.9 Å². The molecule has 0 aliphatic heterocycles. The number of nitrogens with zero attached hydrogens (tertiary/aromatic N) is 1. The van der Waals surface area contributed by atoms with Crippen molar-refractivity contribution in [3.05, 3.63) is 36.3 Å². The maximum Gasteiger partial charge on any atom is 0.338 e. The summed E-state index contributed by atoms with van der Waals surface area (Å²) in [6, 6.07) is 1.38. The summed E-state index contributed by atoms with van der Waals surface area (Å²) in [5, 5.41) is 10.8. The molecule has 0 aliphatic rings. The molecule has 16 heavy (non-hydrogen) atoms. The van der Waals surface area contributed by atoms with E-state index in [1.807, 2.05) is 0 Å². The van der Waals surface area contributed by atoms with Crippen LogP contribution >= 0.6 is 31.9 Å². The third-order valence-corrected chi connectivity index (χ3v) is 3.60. The standard InChI is InChI=1S/C9H7Br2NO4/c1-4-5(9(13)16-2)3-6(10)8(7(4)11)12(14)15/h3H,1-2H3. The number of nitro benzene ring substituents is 1. The monoisotopic (exact) mass is 351 g/mol. The van der Waals surface area contributed by atoms with E-state index < -0.39 is 10.9 Å². The second-order valence-electron chi connectivity index (χ2n) is 2.94. The van der Waals surface area contributed by atoms with Gasteiger partial charge in [-0.2, -0.15) is 0 Å².